The predicted octanol–water partition coefficient (Wildman–Crippen LogP) is -0.863. The van der Waals surface area contributed by atoms with Crippen LogP contribution in [0.1, 0.15) is 0 Å². The lowest BCUT2D eigenvalue weighted by molar-refractivity contribution is -0.144. The Labute approximate surface area is 56.8 Å². The molecule has 1 aliphatic heterocycles. The molecule has 0 radical (unpaired) electrons. The Hall–Kier alpha value is -0.680. The van der Waals surface area contributed by atoms with Gasteiger partial charge >= 0.3 is 5.97 Å². The van der Waals surface area contributed by atoms with Crippen molar-refractivity contribution in [2.24, 2.45) is 5.73 Å². The van der Waals surface area contributed by atoms with E-state index in [0.717, 1.165) is 0 Å². The Morgan fingerprint density at radius 3 is 2.70 bits per heavy atom. The first-order valence-electron chi connectivity index (χ1n) is 2.81. The van der Waals surface area contributed by atoms with Gasteiger partial charge in [0.05, 0.1) is 13.2 Å². The van der Waals surface area contributed by atoms with Gasteiger partial charge in [0.25, 0.3) is 0 Å². The van der Waals surface area contributed by atoms with E-state index in [1.54, 1.807) is 0 Å². The molecule has 0 aromatic heterocycles. The van der Waals surface area contributed by atoms with Gasteiger partial charge in [-0.3, -0.25) is 4.79 Å². The third-order valence-corrected chi connectivity index (χ3v) is 1.56. The smallest absolute Gasteiger partial charge is 0.329 e. The number of halogens is 1. The van der Waals surface area contributed by atoms with Gasteiger partial charge in [-0.05, 0) is 0 Å². The highest BCUT2D eigenvalue weighted by Gasteiger charge is 2.48. The molecular formula is C5H8FNO3. The third kappa shape index (κ3) is 0.871. The molecule has 5 heteroatoms. The number of nitrogens with two attached hydrogens (primary N) is 1. The maximum Gasteiger partial charge on any atom is 0.329 e. The summed E-state index contributed by atoms with van der Waals surface area (Å²) >= 11 is 0. The van der Waals surface area contributed by atoms with Gasteiger partial charge < -0.3 is 15.6 Å². The zero-order valence-corrected chi connectivity index (χ0v) is 5.21. The van der Waals surface area contributed by atoms with E-state index in [0.29, 0.717) is 0 Å². The summed E-state index contributed by atoms with van der Waals surface area (Å²) in [6.07, 6.45) is -1.59. The van der Waals surface area contributed by atoms with Gasteiger partial charge in [-0.1, -0.05) is 0 Å². The number of hydrogen-bond donors (Lipinski definition) is 2. The Kier molecular flexibility index (Phi) is 1.61. The molecule has 1 saturated heterocycles. The molecule has 1 aliphatic rings. The molecule has 0 aromatic rings. The average Bonchev–Trinajstić information content (AvgIpc) is 2.15. The molecule has 0 bridgehead atoms. The quantitative estimate of drug-likeness (QED) is 0.507. The number of alkyl halides is 1. The van der Waals surface area contributed by atoms with Gasteiger partial charge in [-0.25, -0.2) is 4.39 Å². The molecule has 2 atom stereocenters. The Morgan fingerprint density at radius 2 is 2.50 bits per heavy atom. The summed E-state index contributed by atoms with van der Waals surface area (Å²) in [5, 5.41) is 8.40. The van der Waals surface area contributed by atoms with E-state index >= 15 is 0 Å². The van der Waals surface area contributed by atoms with Crippen LogP contribution in [0.15, 0.2) is 0 Å². The first-order chi connectivity index (χ1) is 4.57. The van der Waals surface area contributed by atoms with Gasteiger partial charge in [0, 0.05) is 0 Å². The summed E-state index contributed by atoms with van der Waals surface area (Å²) in [4.78, 5) is 10.3. The van der Waals surface area contributed by atoms with Crippen molar-refractivity contribution in [2.45, 2.75) is 11.7 Å². The summed E-state index contributed by atoms with van der Waals surface area (Å²) in [5.41, 5.74) is 3.33. The summed E-state index contributed by atoms with van der Waals surface area (Å²) < 4.78 is 17.1. The average molecular weight is 148 g/mol. The van der Waals surface area contributed by atoms with E-state index in [4.69, 9.17) is 10.8 Å². The van der Waals surface area contributed by atoms with E-state index in [9.17, 15) is 9.18 Å². The number of aliphatic carboxylic acids is 1. The normalized spacial score (nSPS) is 40.0. The molecule has 1 fully saturated rings. The van der Waals surface area contributed by atoms with Crippen LogP contribution in [-0.2, 0) is 9.53 Å². The summed E-state index contributed by atoms with van der Waals surface area (Å²) in [5.74, 6) is -1.35. The Bertz CT molecular complexity index is 163. The van der Waals surface area contributed by atoms with E-state index in [2.05, 4.69) is 4.74 Å². The molecule has 0 saturated carbocycles. The zero-order chi connectivity index (χ0) is 7.78. The second-order valence-electron chi connectivity index (χ2n) is 2.33. The summed E-state index contributed by atoms with van der Waals surface area (Å²) in [7, 11) is 0. The zero-order valence-electron chi connectivity index (χ0n) is 5.21. The van der Waals surface area contributed by atoms with Crippen molar-refractivity contribution in [1.82, 2.24) is 0 Å². The number of rotatable bonds is 1. The van der Waals surface area contributed by atoms with Gasteiger partial charge in [0.2, 0.25) is 0 Å². The number of carbonyl (C=O) groups is 1. The fourth-order valence-electron chi connectivity index (χ4n) is 0.766. The largest absolute Gasteiger partial charge is 0.480 e. The fraction of sp³-hybridized carbons (Fsp3) is 0.800. The molecule has 0 amide bonds. The molecule has 0 aromatic carbocycles. The number of ether oxygens (including phenoxy) is 1. The van der Waals surface area contributed by atoms with Crippen molar-refractivity contribution in [3.05, 3.63) is 0 Å². The van der Waals surface area contributed by atoms with Crippen LogP contribution in [0.5, 0.6) is 0 Å². The SMILES string of the molecule is N[C@]1(C(=O)O)COC[C@H]1[18F]. The highest BCUT2D eigenvalue weighted by atomic mass is 18.2. The van der Waals surface area contributed by atoms with Crippen molar-refractivity contribution in [3.8, 4) is 0 Å². The highest BCUT2D eigenvalue weighted by molar-refractivity contribution is 5.80. The lowest BCUT2D eigenvalue weighted by Crippen LogP contribution is -2.55. The van der Waals surface area contributed by atoms with Gasteiger partial charge in [0.15, 0.2) is 11.7 Å². The molecule has 0 unspecified atom stereocenters. The third-order valence-electron chi connectivity index (χ3n) is 1.56. The number of carboxylic acids is 1. The fourth-order valence-corrected chi connectivity index (χ4v) is 0.766. The second kappa shape index (κ2) is 2.17. The molecule has 4 nitrogen and oxygen atoms in total. The molecular weight excluding hydrogens is 140 g/mol. The van der Waals surface area contributed by atoms with Crippen LogP contribution in [0.25, 0.3) is 0 Å². The Morgan fingerprint density at radius 1 is 1.90 bits per heavy atom. The standard InChI is InChI=1S/C5H8FNO3/c6-3-1-10-2-5(3,7)4(8)9/h3H,1-2,7H2,(H,8,9)/t3-,5-/m1/s1/i6-1. The minimum absolute atomic E-state index is 0.219. The minimum Gasteiger partial charge on any atom is -0.480 e. The van der Waals surface area contributed by atoms with Crippen LogP contribution in [0, 0.1) is 0 Å². The van der Waals surface area contributed by atoms with Gasteiger partial charge in [0.1, 0.15) is 0 Å². The van der Waals surface area contributed by atoms with Crippen LogP contribution < -0.4 is 5.73 Å². The predicted molar refractivity (Wildman–Crippen MR) is 30.3 cm³/mol. The maximum absolute atomic E-state index is 12.6. The van der Waals surface area contributed by atoms with Crippen LogP contribution in [0.3, 0.4) is 0 Å². The van der Waals surface area contributed by atoms with Crippen molar-refractivity contribution < 1.29 is 19.0 Å². The van der Waals surface area contributed by atoms with Crippen LogP contribution >= 0.6 is 0 Å². The van der Waals surface area contributed by atoms with E-state index < -0.39 is 17.7 Å². The molecule has 1 heterocycles. The monoisotopic (exact) mass is 148 g/mol. The molecule has 0 spiro atoms. The molecule has 0 aliphatic carbocycles. The number of hydrogen-bond acceptors (Lipinski definition) is 3. The van der Waals surface area contributed by atoms with E-state index in [1.165, 1.54) is 0 Å². The first-order valence-corrected chi connectivity index (χ1v) is 2.81. The van der Waals surface area contributed by atoms with Crippen molar-refractivity contribution >= 4 is 5.97 Å². The molecule has 58 valence electrons. The maximum atomic E-state index is 12.6. The van der Waals surface area contributed by atoms with E-state index in [1.807, 2.05) is 0 Å². The van der Waals surface area contributed by atoms with Crippen LogP contribution in [-0.4, -0.2) is 36.0 Å². The van der Waals surface area contributed by atoms with Gasteiger partial charge in [-0.2, -0.15) is 0 Å². The molecule has 3 N–H and O–H groups in total. The highest BCUT2D eigenvalue weighted by Crippen LogP contribution is 2.19. The minimum atomic E-state index is -1.82. The molecule has 1 rings (SSSR count). The van der Waals surface area contributed by atoms with Crippen LogP contribution in [0.2, 0.25) is 0 Å². The van der Waals surface area contributed by atoms with Gasteiger partial charge in [-0.15, -0.1) is 0 Å². The summed E-state index contributed by atoms with van der Waals surface area (Å²) in [6.45, 7) is -0.466. The topological polar surface area (TPSA) is 72.6 Å². The molecule has 10 heavy (non-hydrogen) atoms. The van der Waals surface area contributed by atoms with Crippen molar-refractivity contribution in [1.29, 1.82) is 0 Å². The van der Waals surface area contributed by atoms with Crippen LogP contribution in [0.4, 0.5) is 4.39 Å². The summed E-state index contributed by atoms with van der Waals surface area (Å²) in [6, 6.07) is 0. The lowest BCUT2D eigenvalue weighted by atomic mass is 9.99. The van der Waals surface area contributed by atoms with E-state index in [-0.39, 0.29) is 13.2 Å². The Balaban J connectivity index is 2.75. The second-order valence-corrected chi connectivity index (χ2v) is 2.33. The van der Waals surface area contributed by atoms with Crippen molar-refractivity contribution in [3.63, 3.8) is 0 Å². The van der Waals surface area contributed by atoms with Crippen molar-refractivity contribution in [2.75, 3.05) is 13.2 Å². The number of carboxylic acid groups (broad SMARTS) is 1. The lowest BCUT2D eigenvalue weighted by Gasteiger charge is -2.17. The first kappa shape index (κ1) is 7.43.